The summed E-state index contributed by atoms with van der Waals surface area (Å²) in [7, 11) is 0. The van der Waals surface area contributed by atoms with Gasteiger partial charge in [0.05, 0.1) is 16.3 Å². The van der Waals surface area contributed by atoms with Gasteiger partial charge in [0.25, 0.3) is 0 Å². The van der Waals surface area contributed by atoms with Crippen LogP contribution in [0.2, 0.25) is 5.02 Å². The highest BCUT2D eigenvalue weighted by Gasteiger charge is 2.54. The van der Waals surface area contributed by atoms with Gasteiger partial charge < -0.3 is 10.2 Å². The first-order chi connectivity index (χ1) is 12.6. The summed E-state index contributed by atoms with van der Waals surface area (Å²) < 4.78 is 37.9. The summed E-state index contributed by atoms with van der Waals surface area (Å²) >= 11 is 5.87. The Bertz CT molecular complexity index is 778. The first kappa shape index (κ1) is 19.7. The van der Waals surface area contributed by atoms with Gasteiger partial charge in [0.1, 0.15) is 6.04 Å². The van der Waals surface area contributed by atoms with Gasteiger partial charge in [-0.2, -0.15) is 13.2 Å². The van der Waals surface area contributed by atoms with Gasteiger partial charge in [-0.15, -0.1) is 0 Å². The molecular weight excluding hydrogens is 383 g/mol. The molecule has 2 aliphatic rings. The van der Waals surface area contributed by atoms with Crippen molar-refractivity contribution in [2.45, 2.75) is 37.9 Å². The monoisotopic (exact) mass is 401 g/mol. The number of carbonyl (C=O) groups excluding carboxylic acids is 2. The highest BCUT2D eigenvalue weighted by molar-refractivity contribution is 6.31. The van der Waals surface area contributed by atoms with Crippen LogP contribution in [0, 0.1) is 5.41 Å². The summed E-state index contributed by atoms with van der Waals surface area (Å²) in [5.41, 5.74) is -0.590. The molecule has 9 heteroatoms. The average molecular weight is 402 g/mol. The van der Waals surface area contributed by atoms with Gasteiger partial charge in [-0.3, -0.25) is 14.6 Å². The second kappa shape index (κ2) is 7.14. The van der Waals surface area contributed by atoms with Crippen LogP contribution in [0.25, 0.3) is 0 Å². The number of amides is 2. The van der Waals surface area contributed by atoms with Crippen molar-refractivity contribution < 1.29 is 22.8 Å². The second-order valence-electron chi connectivity index (χ2n) is 7.08. The third-order valence-electron chi connectivity index (χ3n) is 5.13. The number of rotatable bonds is 5. The Kier molecular flexibility index (Phi) is 5.20. The van der Waals surface area contributed by atoms with Crippen LogP contribution in [0.5, 0.6) is 0 Å². The van der Waals surface area contributed by atoms with Gasteiger partial charge >= 0.3 is 6.18 Å². The van der Waals surface area contributed by atoms with E-state index in [1.807, 2.05) is 0 Å². The number of hydrogen-bond donors (Lipinski definition) is 1. The minimum atomic E-state index is -4.51. The number of aromatic nitrogens is 1. The fraction of sp³-hybridized carbons (Fsp3) is 0.500. The lowest BCUT2D eigenvalue weighted by atomic mass is 10.0. The minimum absolute atomic E-state index is 0.0545. The highest BCUT2D eigenvalue weighted by Crippen LogP contribution is 2.54. The van der Waals surface area contributed by atoms with Crippen LogP contribution < -0.4 is 5.32 Å². The minimum Gasteiger partial charge on any atom is -0.354 e. The molecule has 2 fully saturated rings. The SMILES string of the molecule is C=CC(=O)N1CC2(CC2)C[C@@H]1C(=O)NCCc1ncc(C(F)(F)F)cc1Cl. The van der Waals surface area contributed by atoms with Crippen LogP contribution in [0.4, 0.5) is 13.2 Å². The van der Waals surface area contributed by atoms with E-state index >= 15 is 0 Å². The highest BCUT2D eigenvalue weighted by atomic mass is 35.5. The number of halogens is 4. The van der Waals surface area contributed by atoms with Gasteiger partial charge in [-0.25, -0.2) is 0 Å². The fourth-order valence-corrected chi connectivity index (χ4v) is 3.67. The van der Waals surface area contributed by atoms with Gasteiger partial charge in [-0.1, -0.05) is 18.2 Å². The van der Waals surface area contributed by atoms with Gasteiger partial charge in [0, 0.05) is 25.7 Å². The number of alkyl halides is 3. The maximum Gasteiger partial charge on any atom is 0.417 e. The molecule has 0 unspecified atom stereocenters. The normalized spacial score (nSPS) is 20.6. The topological polar surface area (TPSA) is 62.3 Å². The van der Waals surface area contributed by atoms with Crippen molar-refractivity contribution in [1.29, 1.82) is 0 Å². The van der Waals surface area contributed by atoms with E-state index in [2.05, 4.69) is 16.9 Å². The van der Waals surface area contributed by atoms with Crippen molar-refractivity contribution in [1.82, 2.24) is 15.2 Å². The molecule has 0 aromatic carbocycles. The maximum absolute atomic E-state index is 12.6. The van der Waals surface area contributed by atoms with E-state index in [9.17, 15) is 22.8 Å². The number of likely N-dealkylation sites (tertiary alicyclic amines) is 1. The molecule has 1 atom stereocenters. The molecule has 1 N–H and O–H groups in total. The van der Waals surface area contributed by atoms with Crippen LogP contribution in [0.3, 0.4) is 0 Å². The van der Waals surface area contributed by atoms with Crippen LogP contribution >= 0.6 is 11.6 Å². The number of hydrogen-bond acceptors (Lipinski definition) is 3. The molecule has 1 aliphatic carbocycles. The van der Waals surface area contributed by atoms with Crippen molar-refractivity contribution in [3.05, 3.63) is 41.2 Å². The van der Waals surface area contributed by atoms with Crippen molar-refractivity contribution in [3.63, 3.8) is 0 Å². The van der Waals surface area contributed by atoms with E-state index in [4.69, 9.17) is 11.6 Å². The smallest absolute Gasteiger partial charge is 0.354 e. The number of pyridine rings is 1. The molecule has 1 aromatic heterocycles. The summed E-state index contributed by atoms with van der Waals surface area (Å²) in [6, 6.07) is 0.276. The van der Waals surface area contributed by atoms with Crippen LogP contribution in [0.15, 0.2) is 24.9 Å². The zero-order valence-electron chi connectivity index (χ0n) is 14.5. The first-order valence-electron chi connectivity index (χ1n) is 8.58. The number of nitrogens with one attached hydrogen (secondary N) is 1. The number of carbonyl (C=O) groups is 2. The predicted molar refractivity (Wildman–Crippen MR) is 92.9 cm³/mol. The van der Waals surface area contributed by atoms with E-state index in [-0.39, 0.29) is 40.9 Å². The Balaban J connectivity index is 1.58. The van der Waals surface area contributed by atoms with E-state index in [1.54, 1.807) is 4.90 Å². The molecule has 5 nitrogen and oxygen atoms in total. The van der Waals surface area contributed by atoms with Crippen LogP contribution in [0.1, 0.15) is 30.5 Å². The van der Waals surface area contributed by atoms with Crippen molar-refractivity contribution in [2.24, 2.45) is 5.41 Å². The van der Waals surface area contributed by atoms with Crippen molar-refractivity contribution in [2.75, 3.05) is 13.1 Å². The Morgan fingerprint density at radius 2 is 2.15 bits per heavy atom. The first-order valence-corrected chi connectivity index (χ1v) is 8.95. The largest absolute Gasteiger partial charge is 0.417 e. The van der Waals surface area contributed by atoms with Gasteiger partial charge in [0.2, 0.25) is 11.8 Å². The molecule has 2 heterocycles. The lowest BCUT2D eigenvalue weighted by molar-refractivity contribution is -0.137. The molecule has 3 rings (SSSR count). The van der Waals surface area contributed by atoms with E-state index in [1.165, 1.54) is 6.08 Å². The molecular formula is C18H19ClF3N3O2. The maximum atomic E-state index is 12.6. The Morgan fingerprint density at radius 3 is 2.70 bits per heavy atom. The fourth-order valence-electron chi connectivity index (χ4n) is 3.41. The van der Waals surface area contributed by atoms with E-state index < -0.39 is 17.8 Å². The quantitative estimate of drug-likeness (QED) is 0.771. The molecule has 146 valence electrons. The zero-order chi connectivity index (χ0) is 19.8. The third-order valence-corrected chi connectivity index (χ3v) is 5.46. The molecule has 0 radical (unpaired) electrons. The number of nitrogens with zero attached hydrogens (tertiary/aromatic N) is 2. The summed E-state index contributed by atoms with van der Waals surface area (Å²) in [4.78, 5) is 29.8. The second-order valence-corrected chi connectivity index (χ2v) is 7.49. The van der Waals surface area contributed by atoms with Crippen LogP contribution in [-0.4, -0.2) is 40.8 Å². The Morgan fingerprint density at radius 1 is 1.44 bits per heavy atom. The van der Waals surface area contributed by atoms with Gasteiger partial charge in [0.15, 0.2) is 0 Å². The molecule has 1 aliphatic heterocycles. The van der Waals surface area contributed by atoms with Crippen molar-refractivity contribution in [3.8, 4) is 0 Å². The Hall–Kier alpha value is -2.09. The predicted octanol–water partition coefficient (Wildman–Crippen LogP) is 2.98. The summed E-state index contributed by atoms with van der Waals surface area (Å²) in [6.07, 6.45) is 0.236. The molecule has 1 aromatic rings. The lowest BCUT2D eigenvalue weighted by Gasteiger charge is -2.22. The molecule has 2 amide bonds. The summed E-state index contributed by atoms with van der Waals surface area (Å²) in [5, 5.41) is 2.63. The lowest BCUT2D eigenvalue weighted by Crippen LogP contribution is -2.45. The zero-order valence-corrected chi connectivity index (χ0v) is 15.2. The average Bonchev–Trinajstić information content (AvgIpc) is 3.25. The Labute approximate surface area is 159 Å². The molecule has 0 bridgehead atoms. The van der Waals surface area contributed by atoms with E-state index in [0.29, 0.717) is 13.0 Å². The standard InChI is InChI=1S/C18H19ClF3N3O2/c1-2-15(26)25-10-17(4-5-17)8-14(25)16(27)23-6-3-13-12(19)7-11(9-24-13)18(20,21)22/h2,7,9,14H,1,3-6,8,10H2,(H,23,27)/t14-/m1/s1. The van der Waals surface area contributed by atoms with Crippen LogP contribution in [-0.2, 0) is 22.2 Å². The molecule has 1 saturated heterocycles. The van der Waals surface area contributed by atoms with Crippen molar-refractivity contribution >= 4 is 23.4 Å². The molecule has 1 saturated carbocycles. The molecule has 27 heavy (non-hydrogen) atoms. The van der Waals surface area contributed by atoms with Gasteiger partial charge in [-0.05, 0) is 36.8 Å². The molecule has 1 spiro atoms. The summed E-state index contributed by atoms with van der Waals surface area (Å²) in [5.74, 6) is -0.552. The van der Waals surface area contributed by atoms with E-state index in [0.717, 1.165) is 25.1 Å². The third kappa shape index (κ3) is 4.26. The summed E-state index contributed by atoms with van der Waals surface area (Å²) in [6.45, 7) is 4.20.